The molecular weight excluding hydrogens is 477 g/mol. The monoisotopic (exact) mass is 498 g/mol. The van der Waals surface area contributed by atoms with Crippen molar-refractivity contribution in [2.45, 2.75) is 25.1 Å². The van der Waals surface area contributed by atoms with Crippen LogP contribution < -0.4 is 10.6 Å². The molecule has 186 valence electrons. The van der Waals surface area contributed by atoms with Crippen LogP contribution in [0.5, 0.6) is 0 Å². The molecule has 1 fully saturated rings. The van der Waals surface area contributed by atoms with Crippen molar-refractivity contribution in [3.05, 3.63) is 78.1 Å². The number of urea groups is 1. The molecule has 3 N–H and O–H groups in total. The Balaban J connectivity index is 1.38. The topological polar surface area (TPSA) is 112 Å². The second-order valence-electron chi connectivity index (χ2n) is 8.16. The maximum absolute atomic E-state index is 12.8. The SMILES string of the molecule is O=C(Nc1ccc(-c2ccc(C(=O)N3CCC[C@H]3C(=O)O)nc2)cc1)Nc1cccc(C(F)(F)F)c1. The molecule has 0 saturated carbocycles. The number of carboxylic acids is 1. The average molecular weight is 498 g/mol. The number of aliphatic carboxylic acids is 1. The van der Waals surface area contributed by atoms with Crippen molar-refractivity contribution >= 4 is 29.3 Å². The molecule has 0 spiro atoms. The van der Waals surface area contributed by atoms with E-state index in [2.05, 4.69) is 15.6 Å². The third-order valence-corrected chi connectivity index (χ3v) is 5.71. The number of alkyl halides is 3. The summed E-state index contributed by atoms with van der Waals surface area (Å²) < 4.78 is 38.5. The molecule has 0 radical (unpaired) electrons. The Hall–Kier alpha value is -4.41. The van der Waals surface area contributed by atoms with E-state index in [1.807, 2.05) is 0 Å². The number of hydrogen-bond acceptors (Lipinski definition) is 4. The van der Waals surface area contributed by atoms with Crippen LogP contribution in [0.3, 0.4) is 0 Å². The van der Waals surface area contributed by atoms with Gasteiger partial charge in [0, 0.05) is 29.7 Å². The smallest absolute Gasteiger partial charge is 0.416 e. The van der Waals surface area contributed by atoms with Crippen LogP contribution in [0.15, 0.2) is 66.9 Å². The zero-order valence-corrected chi connectivity index (χ0v) is 18.7. The van der Waals surface area contributed by atoms with Gasteiger partial charge in [0.25, 0.3) is 5.91 Å². The van der Waals surface area contributed by atoms with Gasteiger partial charge >= 0.3 is 18.2 Å². The van der Waals surface area contributed by atoms with Crippen LogP contribution in [0.2, 0.25) is 0 Å². The van der Waals surface area contributed by atoms with Gasteiger partial charge in [0.15, 0.2) is 0 Å². The highest BCUT2D eigenvalue weighted by atomic mass is 19.4. The van der Waals surface area contributed by atoms with Crippen LogP contribution >= 0.6 is 0 Å². The highest BCUT2D eigenvalue weighted by Crippen LogP contribution is 2.30. The number of carbonyl (C=O) groups is 3. The summed E-state index contributed by atoms with van der Waals surface area (Å²) in [5.74, 6) is -1.47. The van der Waals surface area contributed by atoms with Gasteiger partial charge in [-0.2, -0.15) is 13.2 Å². The van der Waals surface area contributed by atoms with E-state index in [1.165, 1.54) is 29.3 Å². The molecule has 1 aromatic heterocycles. The molecule has 1 aliphatic heterocycles. The van der Waals surface area contributed by atoms with Crippen molar-refractivity contribution in [3.63, 3.8) is 0 Å². The second kappa shape index (κ2) is 10.1. The number of hydrogen-bond donors (Lipinski definition) is 3. The van der Waals surface area contributed by atoms with E-state index in [1.54, 1.807) is 30.3 Å². The van der Waals surface area contributed by atoms with Gasteiger partial charge in [0.1, 0.15) is 11.7 Å². The molecule has 3 aromatic rings. The van der Waals surface area contributed by atoms with Crippen molar-refractivity contribution in [1.82, 2.24) is 9.88 Å². The summed E-state index contributed by atoms with van der Waals surface area (Å²) in [5, 5.41) is 14.2. The zero-order chi connectivity index (χ0) is 25.9. The summed E-state index contributed by atoms with van der Waals surface area (Å²) in [6.45, 7) is 0.370. The largest absolute Gasteiger partial charge is 0.480 e. The van der Waals surface area contributed by atoms with Crippen LogP contribution in [0, 0.1) is 0 Å². The molecule has 1 atom stereocenters. The lowest BCUT2D eigenvalue weighted by atomic mass is 10.1. The van der Waals surface area contributed by atoms with Crippen LogP contribution in [0.4, 0.5) is 29.3 Å². The van der Waals surface area contributed by atoms with Gasteiger partial charge in [0.05, 0.1) is 5.56 Å². The van der Waals surface area contributed by atoms with E-state index in [-0.39, 0.29) is 11.4 Å². The van der Waals surface area contributed by atoms with Crippen LogP contribution in [-0.4, -0.2) is 45.5 Å². The Labute approximate surface area is 203 Å². The number of likely N-dealkylation sites (tertiary alicyclic amines) is 1. The first kappa shape index (κ1) is 24.7. The third-order valence-electron chi connectivity index (χ3n) is 5.71. The number of carboxylic acid groups (broad SMARTS) is 1. The van der Waals surface area contributed by atoms with Crippen molar-refractivity contribution in [2.75, 3.05) is 17.2 Å². The number of anilines is 2. The van der Waals surface area contributed by atoms with Gasteiger partial charge in [-0.1, -0.05) is 24.3 Å². The van der Waals surface area contributed by atoms with Crippen molar-refractivity contribution < 1.29 is 32.7 Å². The lowest BCUT2D eigenvalue weighted by Crippen LogP contribution is -2.40. The van der Waals surface area contributed by atoms with Crippen LogP contribution in [-0.2, 0) is 11.0 Å². The van der Waals surface area contributed by atoms with Gasteiger partial charge in [-0.3, -0.25) is 9.78 Å². The zero-order valence-electron chi connectivity index (χ0n) is 18.7. The van der Waals surface area contributed by atoms with Gasteiger partial charge < -0.3 is 20.6 Å². The van der Waals surface area contributed by atoms with Crippen molar-refractivity contribution in [3.8, 4) is 11.1 Å². The summed E-state index contributed by atoms with van der Waals surface area (Å²) in [5.41, 5.74) is 1.14. The Morgan fingerprint density at radius 3 is 2.28 bits per heavy atom. The summed E-state index contributed by atoms with van der Waals surface area (Å²) >= 11 is 0. The summed E-state index contributed by atoms with van der Waals surface area (Å²) in [4.78, 5) is 41.7. The minimum absolute atomic E-state index is 0.00302. The summed E-state index contributed by atoms with van der Waals surface area (Å²) in [7, 11) is 0. The molecule has 2 heterocycles. The number of rotatable bonds is 5. The molecule has 0 bridgehead atoms. The minimum Gasteiger partial charge on any atom is -0.480 e. The highest BCUT2D eigenvalue weighted by Gasteiger charge is 2.35. The van der Waals surface area contributed by atoms with Crippen molar-refractivity contribution in [2.24, 2.45) is 0 Å². The first-order chi connectivity index (χ1) is 17.1. The van der Waals surface area contributed by atoms with Crippen molar-refractivity contribution in [1.29, 1.82) is 0 Å². The number of halogens is 3. The average Bonchev–Trinajstić information content (AvgIpc) is 3.34. The summed E-state index contributed by atoms with van der Waals surface area (Å²) in [6.07, 6.45) is -1.97. The van der Waals surface area contributed by atoms with Gasteiger partial charge in [-0.15, -0.1) is 0 Å². The lowest BCUT2D eigenvalue weighted by Gasteiger charge is -2.20. The third kappa shape index (κ3) is 5.62. The van der Waals surface area contributed by atoms with Gasteiger partial charge in [-0.25, -0.2) is 9.59 Å². The standard InChI is InChI=1S/C25H21F3N4O4/c26-25(27,28)17-3-1-4-19(13-17)31-24(36)30-18-9-6-15(7-10-18)16-8-11-20(29-14-16)22(33)32-12-2-5-21(32)23(34)35/h1,3-4,6-11,13-14,21H,2,5,12H2,(H,34,35)(H2,30,31,36)/t21-/m0/s1. The lowest BCUT2D eigenvalue weighted by molar-refractivity contribution is -0.141. The fourth-order valence-electron chi connectivity index (χ4n) is 3.92. The number of carbonyl (C=O) groups excluding carboxylic acids is 2. The summed E-state index contributed by atoms with van der Waals surface area (Å²) in [6, 6.07) is 12.6. The Kier molecular flexibility index (Phi) is 6.91. The minimum atomic E-state index is -4.51. The molecule has 0 aliphatic carbocycles. The van der Waals surface area contributed by atoms with E-state index in [4.69, 9.17) is 0 Å². The molecular formula is C25H21F3N4O4. The van der Waals surface area contributed by atoms with Gasteiger partial charge in [0.2, 0.25) is 0 Å². The molecule has 1 aliphatic rings. The maximum atomic E-state index is 12.8. The molecule has 36 heavy (non-hydrogen) atoms. The number of amides is 3. The fraction of sp³-hybridized carbons (Fsp3) is 0.200. The molecule has 1 saturated heterocycles. The Morgan fingerprint density at radius 1 is 0.944 bits per heavy atom. The van der Waals surface area contributed by atoms with E-state index in [0.29, 0.717) is 30.6 Å². The molecule has 2 aromatic carbocycles. The van der Waals surface area contributed by atoms with E-state index < -0.39 is 35.7 Å². The normalized spacial score (nSPS) is 15.4. The predicted molar refractivity (Wildman–Crippen MR) is 125 cm³/mol. The molecule has 4 rings (SSSR count). The molecule has 8 nitrogen and oxygen atoms in total. The number of nitrogens with zero attached hydrogens (tertiary/aromatic N) is 2. The highest BCUT2D eigenvalue weighted by molar-refractivity contribution is 6.00. The van der Waals surface area contributed by atoms with E-state index in [9.17, 15) is 32.7 Å². The quantitative estimate of drug-likeness (QED) is 0.453. The molecule has 3 amide bonds. The number of benzene rings is 2. The number of pyridine rings is 1. The van der Waals surface area contributed by atoms with Crippen LogP contribution in [0.25, 0.3) is 11.1 Å². The number of aromatic nitrogens is 1. The Bertz CT molecular complexity index is 1280. The first-order valence-corrected chi connectivity index (χ1v) is 11.0. The second-order valence-corrected chi connectivity index (χ2v) is 8.16. The predicted octanol–water partition coefficient (Wildman–Crippen LogP) is 5.10. The van der Waals surface area contributed by atoms with Gasteiger partial charge in [-0.05, 0) is 54.8 Å². The molecule has 0 unspecified atom stereocenters. The van der Waals surface area contributed by atoms with E-state index >= 15 is 0 Å². The Morgan fingerprint density at radius 2 is 1.64 bits per heavy atom. The van der Waals surface area contributed by atoms with E-state index in [0.717, 1.165) is 17.7 Å². The maximum Gasteiger partial charge on any atom is 0.416 e. The van der Waals surface area contributed by atoms with Crippen LogP contribution in [0.1, 0.15) is 28.9 Å². The fourth-order valence-corrected chi connectivity index (χ4v) is 3.92. The first-order valence-electron chi connectivity index (χ1n) is 11.0. The number of nitrogens with one attached hydrogen (secondary N) is 2. The molecule has 11 heteroatoms.